The van der Waals surface area contributed by atoms with E-state index >= 15 is 0 Å². The molecule has 1 fully saturated rings. The van der Waals surface area contributed by atoms with Gasteiger partial charge in [0.2, 0.25) is 0 Å². The molecule has 1 aromatic rings. The van der Waals surface area contributed by atoms with Crippen molar-refractivity contribution in [1.29, 1.82) is 0 Å². The standard InChI is InChI=1S/C15H24N4O2/c1-12(11-19-7-9-21-10-8-19)16-14-6-4-5-13(17-14)15(20)18(2)3/h4-6,12H,7-11H2,1-3H3,(H,16,17). The summed E-state index contributed by atoms with van der Waals surface area (Å²) in [5.74, 6) is 0.656. The lowest BCUT2D eigenvalue weighted by molar-refractivity contribution is 0.0368. The second-order valence-corrected chi connectivity index (χ2v) is 5.57. The summed E-state index contributed by atoms with van der Waals surface area (Å²) < 4.78 is 5.35. The summed E-state index contributed by atoms with van der Waals surface area (Å²) in [6, 6.07) is 5.75. The Bertz CT molecular complexity index is 472. The van der Waals surface area contributed by atoms with Crippen LogP contribution in [0.3, 0.4) is 0 Å². The largest absolute Gasteiger partial charge is 0.379 e. The summed E-state index contributed by atoms with van der Waals surface area (Å²) >= 11 is 0. The van der Waals surface area contributed by atoms with Crippen LogP contribution in [0.1, 0.15) is 17.4 Å². The number of hydrogen-bond donors (Lipinski definition) is 1. The van der Waals surface area contributed by atoms with Crippen LogP contribution in [0.25, 0.3) is 0 Å². The number of aromatic nitrogens is 1. The van der Waals surface area contributed by atoms with Crippen molar-refractivity contribution in [2.75, 3.05) is 52.3 Å². The Balaban J connectivity index is 1.92. The Morgan fingerprint density at radius 2 is 2.14 bits per heavy atom. The topological polar surface area (TPSA) is 57.7 Å². The fraction of sp³-hybridized carbons (Fsp3) is 0.600. The highest BCUT2D eigenvalue weighted by atomic mass is 16.5. The molecular formula is C15H24N4O2. The lowest BCUT2D eigenvalue weighted by Gasteiger charge is -2.29. The maximum atomic E-state index is 11.9. The number of carbonyl (C=O) groups excluding carboxylic acids is 1. The van der Waals surface area contributed by atoms with Crippen LogP contribution in [-0.2, 0) is 4.74 Å². The minimum absolute atomic E-state index is 0.0838. The highest BCUT2D eigenvalue weighted by Gasteiger charge is 2.15. The van der Waals surface area contributed by atoms with Crippen LogP contribution in [-0.4, -0.2) is 73.7 Å². The normalized spacial score (nSPS) is 17.3. The van der Waals surface area contributed by atoms with E-state index in [1.165, 1.54) is 4.90 Å². The van der Waals surface area contributed by atoms with Gasteiger partial charge < -0.3 is 15.0 Å². The van der Waals surface area contributed by atoms with Crippen LogP contribution in [0.4, 0.5) is 5.82 Å². The highest BCUT2D eigenvalue weighted by Crippen LogP contribution is 2.09. The lowest BCUT2D eigenvalue weighted by atomic mass is 10.2. The van der Waals surface area contributed by atoms with Crippen LogP contribution < -0.4 is 5.32 Å². The van der Waals surface area contributed by atoms with E-state index < -0.39 is 0 Å². The third-order valence-corrected chi connectivity index (χ3v) is 3.40. The number of pyridine rings is 1. The van der Waals surface area contributed by atoms with Gasteiger partial charge in [0.25, 0.3) is 5.91 Å². The van der Waals surface area contributed by atoms with Crippen molar-refractivity contribution in [2.45, 2.75) is 13.0 Å². The molecule has 0 saturated carbocycles. The monoisotopic (exact) mass is 292 g/mol. The van der Waals surface area contributed by atoms with Crippen molar-refractivity contribution in [3.05, 3.63) is 23.9 Å². The third-order valence-electron chi connectivity index (χ3n) is 3.40. The van der Waals surface area contributed by atoms with Crippen molar-refractivity contribution in [2.24, 2.45) is 0 Å². The Morgan fingerprint density at radius 1 is 1.43 bits per heavy atom. The molecule has 2 heterocycles. The smallest absolute Gasteiger partial charge is 0.272 e. The molecule has 1 atom stereocenters. The number of ether oxygens (including phenoxy) is 1. The molecular weight excluding hydrogens is 268 g/mol. The molecule has 1 saturated heterocycles. The maximum Gasteiger partial charge on any atom is 0.272 e. The number of morpholine rings is 1. The molecule has 116 valence electrons. The first kappa shape index (κ1) is 15.7. The molecule has 0 aliphatic carbocycles. The average Bonchev–Trinajstić information content (AvgIpc) is 2.47. The summed E-state index contributed by atoms with van der Waals surface area (Å²) in [4.78, 5) is 20.2. The second-order valence-electron chi connectivity index (χ2n) is 5.57. The summed E-state index contributed by atoms with van der Waals surface area (Å²) in [5, 5.41) is 3.36. The van der Waals surface area contributed by atoms with E-state index in [2.05, 4.69) is 22.1 Å². The molecule has 1 unspecified atom stereocenters. The Labute approximate surface area is 126 Å². The third kappa shape index (κ3) is 4.68. The van der Waals surface area contributed by atoms with Crippen molar-refractivity contribution in [3.8, 4) is 0 Å². The SMILES string of the molecule is CC(CN1CCOCC1)Nc1cccc(C(=O)N(C)C)n1. The van der Waals surface area contributed by atoms with Gasteiger partial charge in [0, 0.05) is 39.8 Å². The number of nitrogens with zero attached hydrogens (tertiary/aromatic N) is 3. The first-order chi connectivity index (χ1) is 10.1. The predicted octanol–water partition coefficient (Wildman–Crippen LogP) is 0.916. The number of rotatable bonds is 5. The summed E-state index contributed by atoms with van der Waals surface area (Å²) in [7, 11) is 3.45. The Hall–Kier alpha value is -1.66. The zero-order valence-corrected chi connectivity index (χ0v) is 13.0. The van der Waals surface area contributed by atoms with Gasteiger partial charge in [-0.05, 0) is 19.1 Å². The number of anilines is 1. The van der Waals surface area contributed by atoms with E-state index in [4.69, 9.17) is 4.74 Å². The molecule has 1 aliphatic rings. The van der Waals surface area contributed by atoms with Crippen molar-refractivity contribution >= 4 is 11.7 Å². The summed E-state index contributed by atoms with van der Waals surface area (Å²) in [5.41, 5.74) is 0.462. The highest BCUT2D eigenvalue weighted by molar-refractivity contribution is 5.92. The van der Waals surface area contributed by atoms with Crippen molar-refractivity contribution < 1.29 is 9.53 Å². The number of hydrogen-bond acceptors (Lipinski definition) is 5. The van der Waals surface area contributed by atoms with Crippen molar-refractivity contribution in [3.63, 3.8) is 0 Å². The molecule has 1 aromatic heterocycles. The van der Waals surface area contributed by atoms with Gasteiger partial charge in [0.1, 0.15) is 11.5 Å². The molecule has 1 N–H and O–H groups in total. The van der Waals surface area contributed by atoms with Crippen LogP contribution in [0.15, 0.2) is 18.2 Å². The van der Waals surface area contributed by atoms with E-state index in [-0.39, 0.29) is 11.9 Å². The van der Waals surface area contributed by atoms with E-state index in [0.717, 1.165) is 38.7 Å². The first-order valence-corrected chi connectivity index (χ1v) is 7.31. The van der Waals surface area contributed by atoms with Gasteiger partial charge >= 0.3 is 0 Å². The lowest BCUT2D eigenvalue weighted by Crippen LogP contribution is -2.42. The number of amides is 1. The molecule has 21 heavy (non-hydrogen) atoms. The molecule has 1 aliphatic heterocycles. The van der Waals surface area contributed by atoms with Gasteiger partial charge in [-0.25, -0.2) is 4.98 Å². The van der Waals surface area contributed by atoms with Crippen LogP contribution in [0.5, 0.6) is 0 Å². The van der Waals surface area contributed by atoms with Gasteiger partial charge in [-0.15, -0.1) is 0 Å². The van der Waals surface area contributed by atoms with Crippen LogP contribution in [0.2, 0.25) is 0 Å². The Morgan fingerprint density at radius 3 is 2.81 bits per heavy atom. The molecule has 0 radical (unpaired) electrons. The van der Waals surface area contributed by atoms with Gasteiger partial charge in [-0.3, -0.25) is 9.69 Å². The maximum absolute atomic E-state index is 11.9. The van der Waals surface area contributed by atoms with Crippen LogP contribution in [0, 0.1) is 0 Å². The van der Waals surface area contributed by atoms with E-state index in [0.29, 0.717) is 5.69 Å². The quantitative estimate of drug-likeness (QED) is 0.874. The molecule has 6 heteroatoms. The molecule has 6 nitrogen and oxygen atoms in total. The second kappa shape index (κ2) is 7.38. The zero-order chi connectivity index (χ0) is 15.2. The summed E-state index contributed by atoms with van der Waals surface area (Å²) in [6.45, 7) is 6.61. The van der Waals surface area contributed by atoms with Gasteiger partial charge in [0.15, 0.2) is 0 Å². The van der Waals surface area contributed by atoms with E-state index in [1.807, 2.05) is 12.1 Å². The Kier molecular flexibility index (Phi) is 5.52. The molecule has 2 rings (SSSR count). The first-order valence-electron chi connectivity index (χ1n) is 7.31. The minimum atomic E-state index is -0.0838. The van der Waals surface area contributed by atoms with Gasteiger partial charge in [0.05, 0.1) is 13.2 Å². The van der Waals surface area contributed by atoms with Gasteiger partial charge in [-0.2, -0.15) is 0 Å². The zero-order valence-electron chi connectivity index (χ0n) is 13.0. The fourth-order valence-corrected chi connectivity index (χ4v) is 2.33. The number of carbonyl (C=O) groups is 1. The molecule has 0 aromatic carbocycles. The van der Waals surface area contributed by atoms with E-state index in [1.54, 1.807) is 20.2 Å². The molecule has 0 bridgehead atoms. The summed E-state index contributed by atoms with van der Waals surface area (Å²) in [6.07, 6.45) is 0. The number of nitrogens with one attached hydrogen (secondary N) is 1. The molecule has 0 spiro atoms. The van der Waals surface area contributed by atoms with Crippen molar-refractivity contribution in [1.82, 2.24) is 14.8 Å². The molecule has 1 amide bonds. The minimum Gasteiger partial charge on any atom is -0.379 e. The van der Waals surface area contributed by atoms with E-state index in [9.17, 15) is 4.79 Å². The predicted molar refractivity (Wildman–Crippen MR) is 82.6 cm³/mol. The van der Waals surface area contributed by atoms with Crippen LogP contribution >= 0.6 is 0 Å². The average molecular weight is 292 g/mol. The van der Waals surface area contributed by atoms with Gasteiger partial charge in [-0.1, -0.05) is 6.07 Å². The fourth-order valence-electron chi connectivity index (χ4n) is 2.33.